The van der Waals surface area contributed by atoms with Gasteiger partial charge in [0.1, 0.15) is 6.61 Å². The molecule has 9 heavy (non-hydrogen) atoms. The Balaban J connectivity index is 2.48. The van der Waals surface area contributed by atoms with Gasteiger partial charge in [0.15, 0.2) is 6.10 Å². The van der Waals surface area contributed by atoms with E-state index in [0.717, 1.165) is 0 Å². The second-order valence-corrected chi connectivity index (χ2v) is 1.59. The summed E-state index contributed by atoms with van der Waals surface area (Å²) in [4.78, 5) is 10.2. The van der Waals surface area contributed by atoms with E-state index in [0.29, 0.717) is 0 Å². The monoisotopic (exact) mass is 126 g/mol. The first kappa shape index (κ1) is 5.92. The highest BCUT2D eigenvalue weighted by Gasteiger charge is 2.21. The first-order valence-electron chi connectivity index (χ1n) is 2.52. The molecule has 1 heterocycles. The van der Waals surface area contributed by atoms with Gasteiger partial charge in [0.05, 0.1) is 0 Å². The van der Waals surface area contributed by atoms with Gasteiger partial charge in [-0.3, -0.25) is 0 Å². The molecule has 0 N–H and O–H groups in total. The lowest BCUT2D eigenvalue weighted by atomic mass is 10.4. The van der Waals surface area contributed by atoms with Crippen LogP contribution in [0.15, 0.2) is 18.4 Å². The molecule has 0 spiro atoms. The number of cyclic esters (lactones) is 2. The average molecular weight is 126 g/mol. The molecule has 0 aliphatic carbocycles. The summed E-state index contributed by atoms with van der Waals surface area (Å²) in [6, 6.07) is 0. The van der Waals surface area contributed by atoms with Gasteiger partial charge in [-0.1, -0.05) is 6.58 Å². The van der Waals surface area contributed by atoms with Crippen molar-refractivity contribution in [2.75, 3.05) is 6.61 Å². The third-order valence-electron chi connectivity index (χ3n) is 0.917. The predicted molar refractivity (Wildman–Crippen MR) is 29.9 cm³/mol. The minimum Gasteiger partial charge on any atom is -0.430 e. The molecule has 1 atom stereocenters. The topological polar surface area (TPSA) is 35.5 Å². The van der Waals surface area contributed by atoms with Gasteiger partial charge >= 0.3 is 6.16 Å². The molecule has 0 bridgehead atoms. The van der Waals surface area contributed by atoms with E-state index < -0.39 is 6.16 Å². The second-order valence-electron chi connectivity index (χ2n) is 1.59. The van der Waals surface area contributed by atoms with Crippen molar-refractivity contribution in [1.82, 2.24) is 0 Å². The first-order valence-corrected chi connectivity index (χ1v) is 2.52. The molecule has 1 aliphatic rings. The van der Waals surface area contributed by atoms with E-state index in [1.807, 2.05) is 0 Å². The summed E-state index contributed by atoms with van der Waals surface area (Å²) in [6.07, 6.45) is 0.645. The van der Waals surface area contributed by atoms with Crippen molar-refractivity contribution in [3.8, 4) is 0 Å². The Bertz CT molecular complexity index is 167. The molecule has 1 saturated heterocycles. The smallest absolute Gasteiger partial charge is 0.430 e. The highest BCUT2D eigenvalue weighted by atomic mass is 16.8. The van der Waals surface area contributed by atoms with Crippen molar-refractivity contribution < 1.29 is 14.3 Å². The fourth-order valence-electron chi connectivity index (χ4n) is 0.555. The molecule has 0 saturated carbocycles. The Kier molecular flexibility index (Phi) is 1.56. The van der Waals surface area contributed by atoms with E-state index in [1.54, 1.807) is 6.08 Å². The summed E-state index contributed by atoms with van der Waals surface area (Å²) in [6.45, 7) is 3.60. The van der Waals surface area contributed by atoms with Crippen LogP contribution in [0.4, 0.5) is 4.79 Å². The van der Waals surface area contributed by atoms with Crippen LogP contribution >= 0.6 is 0 Å². The van der Waals surface area contributed by atoms with Gasteiger partial charge in [-0.2, -0.15) is 0 Å². The first-order chi connectivity index (χ1) is 4.33. The molecule has 1 fully saturated rings. The SMILES string of the molecule is C=C=CC1COC(=O)O1. The van der Waals surface area contributed by atoms with E-state index in [2.05, 4.69) is 21.8 Å². The van der Waals surface area contributed by atoms with Crippen molar-refractivity contribution in [1.29, 1.82) is 0 Å². The zero-order valence-corrected chi connectivity index (χ0v) is 4.79. The van der Waals surface area contributed by atoms with E-state index in [1.165, 1.54) is 0 Å². The van der Waals surface area contributed by atoms with Crippen molar-refractivity contribution in [2.45, 2.75) is 6.10 Å². The zero-order valence-electron chi connectivity index (χ0n) is 4.79. The minimum absolute atomic E-state index is 0.279. The Hall–Kier alpha value is -1.21. The average Bonchev–Trinajstić information content (AvgIpc) is 2.17. The van der Waals surface area contributed by atoms with E-state index in [9.17, 15) is 4.79 Å². The lowest BCUT2D eigenvalue weighted by molar-refractivity contribution is 0.125. The van der Waals surface area contributed by atoms with Gasteiger partial charge in [-0.15, -0.1) is 5.73 Å². The Labute approximate surface area is 52.6 Å². The Morgan fingerprint density at radius 3 is 3.11 bits per heavy atom. The molecule has 1 rings (SSSR count). The van der Waals surface area contributed by atoms with Gasteiger partial charge in [-0.25, -0.2) is 4.79 Å². The van der Waals surface area contributed by atoms with Gasteiger partial charge in [0, 0.05) is 6.08 Å². The van der Waals surface area contributed by atoms with Crippen LogP contribution in [0, 0.1) is 0 Å². The van der Waals surface area contributed by atoms with Crippen LogP contribution in [0.2, 0.25) is 0 Å². The summed E-state index contributed by atoms with van der Waals surface area (Å²) in [5.74, 6) is 0. The van der Waals surface area contributed by atoms with Gasteiger partial charge in [0.2, 0.25) is 0 Å². The summed E-state index contributed by atoms with van der Waals surface area (Å²) in [7, 11) is 0. The van der Waals surface area contributed by atoms with E-state index in [-0.39, 0.29) is 12.7 Å². The third-order valence-corrected chi connectivity index (χ3v) is 0.917. The second kappa shape index (κ2) is 2.37. The maximum atomic E-state index is 10.2. The molecule has 0 amide bonds. The lowest BCUT2D eigenvalue weighted by Crippen LogP contribution is -2.03. The Morgan fingerprint density at radius 2 is 2.67 bits per heavy atom. The minimum atomic E-state index is -0.619. The van der Waals surface area contributed by atoms with Gasteiger partial charge in [-0.05, 0) is 0 Å². The fourth-order valence-corrected chi connectivity index (χ4v) is 0.555. The van der Waals surface area contributed by atoms with Crippen LogP contribution in [0.25, 0.3) is 0 Å². The number of hydrogen-bond acceptors (Lipinski definition) is 3. The molecule has 3 nitrogen and oxygen atoms in total. The van der Waals surface area contributed by atoms with Crippen molar-refractivity contribution >= 4 is 6.16 Å². The molecule has 0 aromatic rings. The van der Waals surface area contributed by atoms with Crippen molar-refractivity contribution in [3.63, 3.8) is 0 Å². The zero-order chi connectivity index (χ0) is 6.69. The quantitative estimate of drug-likeness (QED) is 0.386. The third kappa shape index (κ3) is 1.34. The molecule has 0 aromatic carbocycles. The standard InChI is InChI=1S/C6H6O3/c1-2-3-5-4-8-6(7)9-5/h3,5H,1,4H2. The highest BCUT2D eigenvalue weighted by Crippen LogP contribution is 2.05. The normalized spacial score (nSPS) is 24.0. The molecular weight excluding hydrogens is 120 g/mol. The molecule has 1 aliphatic heterocycles. The number of rotatable bonds is 1. The number of hydrogen-bond donors (Lipinski definition) is 0. The van der Waals surface area contributed by atoms with Crippen LogP contribution in [0.5, 0.6) is 0 Å². The summed E-state index contributed by atoms with van der Waals surface area (Å²) >= 11 is 0. The lowest BCUT2D eigenvalue weighted by Gasteiger charge is -1.92. The Morgan fingerprint density at radius 1 is 1.89 bits per heavy atom. The maximum Gasteiger partial charge on any atom is 0.509 e. The molecule has 0 radical (unpaired) electrons. The number of ether oxygens (including phenoxy) is 2. The molecule has 1 unspecified atom stereocenters. The summed E-state index contributed by atoms with van der Waals surface area (Å²) in [5.41, 5.74) is 2.50. The van der Waals surface area contributed by atoms with Gasteiger partial charge < -0.3 is 9.47 Å². The predicted octanol–water partition coefficient (Wildman–Crippen LogP) is 0.863. The van der Waals surface area contributed by atoms with Crippen molar-refractivity contribution in [3.05, 3.63) is 18.4 Å². The molecular formula is C6H6O3. The maximum absolute atomic E-state index is 10.2. The van der Waals surface area contributed by atoms with Crippen LogP contribution in [-0.4, -0.2) is 18.9 Å². The van der Waals surface area contributed by atoms with Crippen LogP contribution in [0.3, 0.4) is 0 Å². The van der Waals surface area contributed by atoms with E-state index in [4.69, 9.17) is 0 Å². The fraction of sp³-hybridized carbons (Fsp3) is 0.333. The number of carbonyl (C=O) groups is 1. The summed E-state index contributed by atoms with van der Waals surface area (Å²) in [5, 5.41) is 0. The van der Waals surface area contributed by atoms with Crippen LogP contribution in [-0.2, 0) is 9.47 Å². The van der Waals surface area contributed by atoms with Crippen molar-refractivity contribution in [2.24, 2.45) is 0 Å². The van der Waals surface area contributed by atoms with E-state index >= 15 is 0 Å². The molecule has 3 heteroatoms. The largest absolute Gasteiger partial charge is 0.509 e. The summed E-state index contributed by atoms with van der Waals surface area (Å²) < 4.78 is 9.04. The highest BCUT2D eigenvalue weighted by molar-refractivity contribution is 5.62. The van der Waals surface area contributed by atoms with Gasteiger partial charge in [0.25, 0.3) is 0 Å². The molecule has 48 valence electrons. The van der Waals surface area contributed by atoms with Crippen LogP contribution in [0.1, 0.15) is 0 Å². The number of carbonyl (C=O) groups excluding carboxylic acids is 1. The van der Waals surface area contributed by atoms with Crippen LogP contribution < -0.4 is 0 Å². The molecule has 0 aromatic heterocycles.